The Kier molecular flexibility index (Phi) is 4.27. The molecule has 0 aliphatic heterocycles. The van der Waals surface area contributed by atoms with Crippen LogP contribution < -0.4 is 10.6 Å². The predicted octanol–water partition coefficient (Wildman–Crippen LogP) is 2.79. The molecule has 0 atom stereocenters. The van der Waals surface area contributed by atoms with Crippen LogP contribution in [0.5, 0.6) is 0 Å². The molecule has 2 rings (SSSR count). The monoisotopic (exact) mass is 297 g/mol. The molecule has 1 aromatic heterocycles. The van der Waals surface area contributed by atoms with Crippen molar-refractivity contribution in [2.24, 2.45) is 0 Å². The standard InChI is InChI=1S/C13H19N3O3S/c1-13(2,6-5-10(17)18)16-11(19)15-12-14-9(7-20-12)8-3-4-8/h7-8H,3-6H2,1-2H3,(H,17,18)(H2,14,15,16,19). The summed E-state index contributed by atoms with van der Waals surface area (Å²) in [6.07, 6.45) is 2.76. The number of aliphatic carboxylic acids is 1. The second-order valence-corrected chi connectivity index (χ2v) is 6.57. The fraction of sp³-hybridized carbons (Fsp3) is 0.615. The van der Waals surface area contributed by atoms with Crippen molar-refractivity contribution in [1.82, 2.24) is 10.3 Å². The zero-order chi connectivity index (χ0) is 14.8. The maximum Gasteiger partial charge on any atom is 0.321 e. The Bertz CT molecular complexity index is 509. The highest BCUT2D eigenvalue weighted by Gasteiger charge is 2.27. The first-order valence-corrected chi connectivity index (χ1v) is 7.50. The van der Waals surface area contributed by atoms with E-state index in [1.54, 1.807) is 13.8 Å². The third-order valence-electron chi connectivity index (χ3n) is 3.15. The number of urea groups is 1. The van der Waals surface area contributed by atoms with Gasteiger partial charge in [-0.3, -0.25) is 10.1 Å². The van der Waals surface area contributed by atoms with Gasteiger partial charge in [-0.1, -0.05) is 0 Å². The molecule has 1 aliphatic rings. The Morgan fingerprint density at radius 2 is 2.20 bits per heavy atom. The summed E-state index contributed by atoms with van der Waals surface area (Å²) in [7, 11) is 0. The number of nitrogens with zero attached hydrogens (tertiary/aromatic N) is 1. The van der Waals surface area contributed by atoms with Crippen LogP contribution in [0.3, 0.4) is 0 Å². The molecule has 0 bridgehead atoms. The largest absolute Gasteiger partial charge is 0.481 e. The van der Waals surface area contributed by atoms with Crippen molar-refractivity contribution in [3.63, 3.8) is 0 Å². The first-order valence-electron chi connectivity index (χ1n) is 6.62. The van der Waals surface area contributed by atoms with Crippen LogP contribution in [-0.2, 0) is 4.79 Å². The molecule has 6 nitrogen and oxygen atoms in total. The van der Waals surface area contributed by atoms with Gasteiger partial charge in [0.05, 0.1) is 5.69 Å². The van der Waals surface area contributed by atoms with E-state index in [-0.39, 0.29) is 12.5 Å². The minimum atomic E-state index is -0.866. The van der Waals surface area contributed by atoms with Gasteiger partial charge in [-0.2, -0.15) is 0 Å². The highest BCUT2D eigenvalue weighted by atomic mass is 32.1. The fourth-order valence-electron chi connectivity index (χ4n) is 1.83. The Morgan fingerprint density at radius 1 is 1.50 bits per heavy atom. The molecule has 1 heterocycles. The van der Waals surface area contributed by atoms with Gasteiger partial charge in [-0.15, -0.1) is 11.3 Å². The number of carbonyl (C=O) groups is 2. The summed E-state index contributed by atoms with van der Waals surface area (Å²) in [5.41, 5.74) is 0.481. The molecule has 20 heavy (non-hydrogen) atoms. The normalized spacial score (nSPS) is 14.9. The summed E-state index contributed by atoms with van der Waals surface area (Å²) >= 11 is 1.41. The SMILES string of the molecule is CC(C)(CCC(=O)O)NC(=O)Nc1nc(C2CC2)cs1. The topological polar surface area (TPSA) is 91.3 Å². The first-order chi connectivity index (χ1) is 9.35. The average Bonchev–Trinajstić information content (AvgIpc) is 3.08. The number of carbonyl (C=O) groups excluding carboxylic acids is 1. The van der Waals surface area contributed by atoms with Gasteiger partial charge in [-0.25, -0.2) is 9.78 Å². The predicted molar refractivity (Wildman–Crippen MR) is 77.2 cm³/mol. The van der Waals surface area contributed by atoms with Crippen molar-refractivity contribution in [2.75, 3.05) is 5.32 Å². The van der Waals surface area contributed by atoms with Gasteiger partial charge < -0.3 is 10.4 Å². The highest BCUT2D eigenvalue weighted by Crippen LogP contribution is 2.40. The van der Waals surface area contributed by atoms with Crippen molar-refractivity contribution >= 4 is 28.5 Å². The number of thiazole rings is 1. The van der Waals surface area contributed by atoms with Crippen LogP contribution in [-0.4, -0.2) is 27.6 Å². The Hall–Kier alpha value is -1.63. The van der Waals surface area contributed by atoms with Crippen molar-refractivity contribution < 1.29 is 14.7 Å². The second kappa shape index (κ2) is 5.78. The van der Waals surface area contributed by atoms with Gasteiger partial charge in [-0.05, 0) is 33.1 Å². The summed E-state index contributed by atoms with van der Waals surface area (Å²) < 4.78 is 0. The van der Waals surface area contributed by atoms with Crippen LogP contribution in [0.2, 0.25) is 0 Å². The quantitative estimate of drug-likeness (QED) is 0.753. The molecule has 0 spiro atoms. The zero-order valence-corrected chi connectivity index (χ0v) is 12.4. The van der Waals surface area contributed by atoms with Crippen LogP contribution >= 0.6 is 11.3 Å². The zero-order valence-electron chi connectivity index (χ0n) is 11.6. The minimum absolute atomic E-state index is 0.0242. The third-order valence-corrected chi connectivity index (χ3v) is 3.93. The van der Waals surface area contributed by atoms with Crippen LogP contribution in [0.25, 0.3) is 0 Å². The fourth-order valence-corrected chi connectivity index (χ4v) is 2.62. The number of carboxylic acids is 1. The molecule has 1 aromatic rings. The Labute approximate surface area is 121 Å². The van der Waals surface area contributed by atoms with Crippen molar-refractivity contribution in [3.05, 3.63) is 11.1 Å². The molecule has 0 aromatic carbocycles. The maximum absolute atomic E-state index is 11.9. The van der Waals surface area contributed by atoms with Crippen molar-refractivity contribution in [2.45, 2.75) is 51.0 Å². The number of anilines is 1. The lowest BCUT2D eigenvalue weighted by Crippen LogP contribution is -2.45. The molecule has 0 unspecified atom stereocenters. The van der Waals surface area contributed by atoms with Gasteiger partial charge >= 0.3 is 12.0 Å². The summed E-state index contributed by atoms with van der Waals surface area (Å²) in [6, 6.07) is -0.350. The molecule has 1 aliphatic carbocycles. The summed E-state index contributed by atoms with van der Waals surface area (Å²) in [5, 5.41) is 16.7. The van der Waals surface area contributed by atoms with Crippen molar-refractivity contribution in [3.8, 4) is 0 Å². The van der Waals surface area contributed by atoms with Crippen LogP contribution in [0.4, 0.5) is 9.93 Å². The first kappa shape index (κ1) is 14.8. The van der Waals surface area contributed by atoms with Gasteiger partial charge in [0.15, 0.2) is 5.13 Å². The number of aromatic nitrogens is 1. The molecule has 0 saturated heterocycles. The van der Waals surface area contributed by atoms with Crippen LogP contribution in [0, 0.1) is 0 Å². The molecular formula is C13H19N3O3S. The number of carboxylic acid groups (broad SMARTS) is 1. The molecule has 0 radical (unpaired) electrons. The molecule has 110 valence electrons. The summed E-state index contributed by atoms with van der Waals surface area (Å²) in [5.74, 6) is -0.300. The van der Waals surface area contributed by atoms with E-state index < -0.39 is 11.5 Å². The molecule has 1 fully saturated rings. The molecular weight excluding hydrogens is 278 g/mol. The van der Waals surface area contributed by atoms with E-state index in [9.17, 15) is 9.59 Å². The summed E-state index contributed by atoms with van der Waals surface area (Å²) in [6.45, 7) is 3.60. The molecule has 1 saturated carbocycles. The highest BCUT2D eigenvalue weighted by molar-refractivity contribution is 7.13. The van der Waals surface area contributed by atoms with E-state index in [1.807, 2.05) is 5.38 Å². The van der Waals surface area contributed by atoms with E-state index >= 15 is 0 Å². The second-order valence-electron chi connectivity index (χ2n) is 5.71. The van der Waals surface area contributed by atoms with Gasteiger partial charge in [0.25, 0.3) is 0 Å². The molecule has 7 heteroatoms. The number of amides is 2. The maximum atomic E-state index is 11.9. The molecule has 2 amide bonds. The number of hydrogen-bond acceptors (Lipinski definition) is 4. The van der Waals surface area contributed by atoms with E-state index in [0.717, 1.165) is 5.69 Å². The number of hydrogen-bond donors (Lipinski definition) is 3. The Balaban J connectivity index is 1.82. The van der Waals surface area contributed by atoms with Gasteiger partial charge in [0.1, 0.15) is 0 Å². The van der Waals surface area contributed by atoms with Crippen LogP contribution in [0.15, 0.2) is 5.38 Å². The minimum Gasteiger partial charge on any atom is -0.481 e. The average molecular weight is 297 g/mol. The summed E-state index contributed by atoms with van der Waals surface area (Å²) in [4.78, 5) is 26.8. The van der Waals surface area contributed by atoms with Gasteiger partial charge in [0.2, 0.25) is 0 Å². The lowest BCUT2D eigenvalue weighted by atomic mass is 9.99. The van der Waals surface area contributed by atoms with E-state index in [4.69, 9.17) is 5.11 Å². The van der Waals surface area contributed by atoms with E-state index in [0.29, 0.717) is 17.5 Å². The van der Waals surface area contributed by atoms with Crippen molar-refractivity contribution in [1.29, 1.82) is 0 Å². The van der Waals surface area contributed by atoms with Crippen LogP contribution in [0.1, 0.15) is 51.1 Å². The number of rotatable bonds is 6. The van der Waals surface area contributed by atoms with E-state index in [2.05, 4.69) is 15.6 Å². The lowest BCUT2D eigenvalue weighted by molar-refractivity contribution is -0.137. The smallest absolute Gasteiger partial charge is 0.321 e. The van der Waals surface area contributed by atoms with E-state index in [1.165, 1.54) is 24.2 Å². The molecule has 3 N–H and O–H groups in total. The van der Waals surface area contributed by atoms with Gasteiger partial charge in [0, 0.05) is 23.3 Å². The third kappa shape index (κ3) is 4.48. The number of nitrogens with one attached hydrogen (secondary N) is 2. The lowest BCUT2D eigenvalue weighted by Gasteiger charge is -2.25. The Morgan fingerprint density at radius 3 is 2.80 bits per heavy atom.